The van der Waals surface area contributed by atoms with Crippen LogP contribution in [0.4, 0.5) is 0 Å². The minimum absolute atomic E-state index is 0.0795. The van der Waals surface area contributed by atoms with E-state index in [2.05, 4.69) is 17.4 Å². The lowest BCUT2D eigenvalue weighted by Crippen LogP contribution is -2.37. The number of hydrogen-bond acceptors (Lipinski definition) is 3. The number of rotatable bonds is 5. The first-order valence-corrected chi connectivity index (χ1v) is 8.80. The maximum Gasteiger partial charge on any atom is 0.287 e. The fourth-order valence-electron chi connectivity index (χ4n) is 3.34. The molecule has 5 heteroatoms. The second-order valence-corrected chi connectivity index (χ2v) is 6.60. The number of carbonyl (C=O) groups excluding carboxylic acids is 2. The zero-order valence-electron chi connectivity index (χ0n) is 14.4. The summed E-state index contributed by atoms with van der Waals surface area (Å²) < 4.78 is 5.59. The van der Waals surface area contributed by atoms with Crippen molar-refractivity contribution in [2.24, 2.45) is 0 Å². The third-order valence-electron chi connectivity index (χ3n) is 4.71. The van der Waals surface area contributed by atoms with E-state index in [1.165, 1.54) is 5.56 Å². The second-order valence-electron chi connectivity index (χ2n) is 6.60. The Labute approximate surface area is 151 Å². The fourth-order valence-corrected chi connectivity index (χ4v) is 3.34. The van der Waals surface area contributed by atoms with E-state index in [-0.39, 0.29) is 23.6 Å². The van der Waals surface area contributed by atoms with Crippen molar-refractivity contribution >= 4 is 22.8 Å². The molecule has 1 saturated heterocycles. The number of nitrogens with one attached hydrogen (secondary N) is 1. The summed E-state index contributed by atoms with van der Waals surface area (Å²) in [5, 5.41) is 3.81. The van der Waals surface area contributed by atoms with Gasteiger partial charge in [0.1, 0.15) is 5.58 Å². The van der Waals surface area contributed by atoms with Gasteiger partial charge in [-0.1, -0.05) is 48.5 Å². The molecule has 1 fully saturated rings. The molecule has 2 amide bonds. The molecule has 0 unspecified atom stereocenters. The number of amides is 2. The Morgan fingerprint density at radius 2 is 1.88 bits per heavy atom. The van der Waals surface area contributed by atoms with Crippen molar-refractivity contribution in [3.8, 4) is 0 Å². The van der Waals surface area contributed by atoms with Gasteiger partial charge in [0.05, 0.1) is 6.04 Å². The number of hydrogen-bond donors (Lipinski definition) is 1. The molecule has 132 valence electrons. The highest BCUT2D eigenvalue weighted by Gasteiger charge is 2.31. The normalized spacial score (nSPS) is 17.0. The van der Waals surface area contributed by atoms with Crippen LogP contribution in [0.15, 0.2) is 65.1 Å². The second kappa shape index (κ2) is 7.04. The Kier molecular flexibility index (Phi) is 4.44. The lowest BCUT2D eigenvalue weighted by molar-refractivity contribution is -0.127. The van der Waals surface area contributed by atoms with Crippen LogP contribution in [0.1, 0.15) is 22.5 Å². The molecule has 0 spiro atoms. The van der Waals surface area contributed by atoms with E-state index in [0.717, 1.165) is 11.8 Å². The Hall–Kier alpha value is -3.08. The molecular formula is C21H20N2O3. The van der Waals surface area contributed by atoms with Crippen molar-refractivity contribution in [2.75, 3.05) is 13.1 Å². The highest BCUT2D eigenvalue weighted by atomic mass is 16.3. The van der Waals surface area contributed by atoms with E-state index in [1.54, 1.807) is 6.07 Å². The lowest BCUT2D eigenvalue weighted by Gasteiger charge is -2.17. The van der Waals surface area contributed by atoms with Crippen LogP contribution < -0.4 is 5.32 Å². The number of furan rings is 1. The van der Waals surface area contributed by atoms with Crippen LogP contribution in [0.5, 0.6) is 0 Å². The summed E-state index contributed by atoms with van der Waals surface area (Å²) >= 11 is 0. The molecule has 1 N–H and O–H groups in total. The van der Waals surface area contributed by atoms with Crippen LogP contribution in [0, 0.1) is 0 Å². The molecule has 2 heterocycles. The summed E-state index contributed by atoms with van der Waals surface area (Å²) in [6.45, 7) is 1.21. The predicted molar refractivity (Wildman–Crippen MR) is 98.8 cm³/mol. The molecule has 0 saturated carbocycles. The van der Waals surface area contributed by atoms with Crippen LogP contribution in [-0.4, -0.2) is 35.8 Å². The van der Waals surface area contributed by atoms with Crippen LogP contribution in [0.3, 0.4) is 0 Å². The maximum atomic E-state index is 12.4. The molecule has 0 radical (unpaired) electrons. The zero-order valence-corrected chi connectivity index (χ0v) is 14.4. The van der Waals surface area contributed by atoms with E-state index in [9.17, 15) is 9.59 Å². The highest BCUT2D eigenvalue weighted by Crippen LogP contribution is 2.19. The third kappa shape index (κ3) is 3.47. The first-order valence-electron chi connectivity index (χ1n) is 8.80. The molecule has 0 aliphatic carbocycles. The van der Waals surface area contributed by atoms with Crippen molar-refractivity contribution in [3.63, 3.8) is 0 Å². The molecule has 0 bridgehead atoms. The van der Waals surface area contributed by atoms with E-state index >= 15 is 0 Å². The van der Waals surface area contributed by atoms with Gasteiger partial charge in [-0.05, 0) is 24.1 Å². The maximum absolute atomic E-state index is 12.4. The van der Waals surface area contributed by atoms with Crippen LogP contribution >= 0.6 is 0 Å². The minimum atomic E-state index is -0.274. The highest BCUT2D eigenvalue weighted by molar-refractivity contribution is 5.96. The third-order valence-corrected chi connectivity index (χ3v) is 4.71. The van der Waals surface area contributed by atoms with Crippen molar-refractivity contribution in [3.05, 3.63) is 72.0 Å². The Bertz CT molecular complexity index is 900. The van der Waals surface area contributed by atoms with Gasteiger partial charge in [0.15, 0.2) is 5.76 Å². The van der Waals surface area contributed by atoms with Gasteiger partial charge >= 0.3 is 0 Å². The molecule has 2 aromatic carbocycles. The number of carbonyl (C=O) groups is 2. The summed E-state index contributed by atoms with van der Waals surface area (Å²) in [4.78, 5) is 26.5. The molecule has 1 aliphatic heterocycles. The predicted octanol–water partition coefficient (Wildman–Crippen LogP) is 3.01. The van der Waals surface area contributed by atoms with Gasteiger partial charge in [-0.15, -0.1) is 0 Å². The lowest BCUT2D eigenvalue weighted by atomic mass is 10.1. The first kappa shape index (κ1) is 16.4. The summed E-state index contributed by atoms with van der Waals surface area (Å²) in [5.41, 5.74) is 1.89. The summed E-state index contributed by atoms with van der Waals surface area (Å²) in [5.74, 6) is 0.0844. The van der Waals surface area contributed by atoms with E-state index in [1.807, 2.05) is 47.4 Å². The average molecular weight is 348 g/mol. The van der Waals surface area contributed by atoms with Gasteiger partial charge in [0.2, 0.25) is 5.91 Å². The SMILES string of the molecule is O=C(N[C@H]1CC(=O)N(CCc2ccccc2)C1)c1cc2ccccc2o1. The molecule has 1 atom stereocenters. The summed E-state index contributed by atoms with van der Waals surface area (Å²) in [6, 6.07) is 19.1. The smallest absolute Gasteiger partial charge is 0.287 e. The van der Waals surface area contributed by atoms with Crippen molar-refractivity contribution in [1.82, 2.24) is 10.2 Å². The average Bonchev–Trinajstić information content (AvgIpc) is 3.24. The number of nitrogens with zero attached hydrogens (tertiary/aromatic N) is 1. The molecular weight excluding hydrogens is 328 g/mol. The number of fused-ring (bicyclic) bond motifs is 1. The van der Waals surface area contributed by atoms with Gasteiger partial charge in [-0.25, -0.2) is 0 Å². The van der Waals surface area contributed by atoms with Crippen LogP contribution in [-0.2, 0) is 11.2 Å². The molecule has 4 rings (SSSR count). The van der Waals surface area contributed by atoms with Gasteiger partial charge in [-0.2, -0.15) is 0 Å². The molecule has 3 aromatic rings. The number of para-hydroxylation sites is 1. The van der Waals surface area contributed by atoms with E-state index in [4.69, 9.17) is 4.42 Å². The van der Waals surface area contributed by atoms with Crippen molar-refractivity contribution in [1.29, 1.82) is 0 Å². The van der Waals surface area contributed by atoms with Crippen LogP contribution in [0.2, 0.25) is 0 Å². The number of benzene rings is 2. The van der Waals surface area contributed by atoms with E-state index in [0.29, 0.717) is 25.1 Å². The van der Waals surface area contributed by atoms with Gasteiger partial charge < -0.3 is 14.6 Å². The van der Waals surface area contributed by atoms with Gasteiger partial charge in [0, 0.05) is 24.9 Å². The summed E-state index contributed by atoms with van der Waals surface area (Å²) in [6.07, 6.45) is 1.15. The zero-order chi connectivity index (χ0) is 17.9. The Balaban J connectivity index is 1.35. The fraction of sp³-hybridized carbons (Fsp3) is 0.238. The standard InChI is InChI=1S/C21H20N2O3/c24-20-13-17(14-23(20)11-10-15-6-2-1-3-7-15)22-21(25)19-12-16-8-4-5-9-18(16)26-19/h1-9,12,17H,10-11,13-14H2,(H,22,25)/t17-/m0/s1. The molecule has 26 heavy (non-hydrogen) atoms. The van der Waals surface area contributed by atoms with Crippen LogP contribution in [0.25, 0.3) is 11.0 Å². The minimum Gasteiger partial charge on any atom is -0.451 e. The molecule has 5 nitrogen and oxygen atoms in total. The monoisotopic (exact) mass is 348 g/mol. The summed E-state index contributed by atoms with van der Waals surface area (Å²) in [7, 11) is 0. The van der Waals surface area contributed by atoms with Gasteiger partial charge in [-0.3, -0.25) is 9.59 Å². The van der Waals surface area contributed by atoms with Crippen molar-refractivity contribution in [2.45, 2.75) is 18.9 Å². The largest absolute Gasteiger partial charge is 0.451 e. The Morgan fingerprint density at radius 3 is 2.69 bits per heavy atom. The van der Waals surface area contributed by atoms with Crippen molar-refractivity contribution < 1.29 is 14.0 Å². The first-order chi connectivity index (χ1) is 12.7. The molecule has 1 aliphatic rings. The number of likely N-dealkylation sites (tertiary alicyclic amines) is 1. The quantitative estimate of drug-likeness (QED) is 0.771. The van der Waals surface area contributed by atoms with Gasteiger partial charge in [0.25, 0.3) is 5.91 Å². The molecule has 1 aromatic heterocycles. The topological polar surface area (TPSA) is 62.6 Å². The van der Waals surface area contributed by atoms with E-state index < -0.39 is 0 Å². The Morgan fingerprint density at radius 1 is 1.12 bits per heavy atom.